The number of aryl methyl sites for hydroxylation is 1. The number of benzene rings is 6. The lowest BCUT2D eigenvalue weighted by Gasteiger charge is -2.23. The second-order valence-electron chi connectivity index (χ2n) is 11.5. The highest BCUT2D eigenvalue weighted by Crippen LogP contribution is 2.42. The second-order valence-corrected chi connectivity index (χ2v) is 11.5. The van der Waals surface area contributed by atoms with Gasteiger partial charge in [-0.25, -0.2) is 9.98 Å². The molecular weight excluding hydrogens is 552 g/mol. The summed E-state index contributed by atoms with van der Waals surface area (Å²) in [7, 11) is 0. The average molecular weight is 581 g/mol. The molecule has 0 aliphatic carbocycles. The second kappa shape index (κ2) is 10.1. The van der Waals surface area contributed by atoms with Crippen molar-refractivity contribution in [1.29, 1.82) is 0 Å². The van der Waals surface area contributed by atoms with Crippen LogP contribution in [0.2, 0.25) is 0 Å². The third kappa shape index (κ3) is 4.01. The summed E-state index contributed by atoms with van der Waals surface area (Å²) in [6, 6.07) is 48.2. The molecule has 1 aliphatic heterocycles. The molecule has 0 amide bonds. The van der Waals surface area contributed by atoms with Crippen molar-refractivity contribution in [2.75, 3.05) is 0 Å². The molecule has 1 N–H and O–H groups in total. The van der Waals surface area contributed by atoms with Crippen molar-refractivity contribution in [2.24, 2.45) is 9.98 Å². The number of furan rings is 1. The van der Waals surface area contributed by atoms with Gasteiger partial charge in [0.2, 0.25) is 0 Å². The van der Waals surface area contributed by atoms with Crippen LogP contribution in [0.5, 0.6) is 0 Å². The van der Waals surface area contributed by atoms with Gasteiger partial charge in [-0.15, -0.1) is 0 Å². The predicted molar refractivity (Wildman–Crippen MR) is 185 cm³/mol. The van der Waals surface area contributed by atoms with E-state index in [1.165, 1.54) is 10.8 Å². The molecule has 0 saturated heterocycles. The number of aliphatic imine (C=N–C) groups is 2. The number of fused-ring (bicyclic) bond motifs is 7. The zero-order chi connectivity index (χ0) is 29.9. The van der Waals surface area contributed by atoms with Crippen molar-refractivity contribution < 1.29 is 4.42 Å². The zero-order valence-electron chi connectivity index (χ0n) is 24.6. The van der Waals surface area contributed by atoms with E-state index in [1.807, 2.05) is 36.4 Å². The van der Waals surface area contributed by atoms with Gasteiger partial charge in [0.05, 0.1) is 11.0 Å². The molecule has 0 saturated carbocycles. The molecule has 0 atom stereocenters. The van der Waals surface area contributed by atoms with Crippen molar-refractivity contribution in [2.45, 2.75) is 13.1 Å². The molecule has 2 aromatic heterocycles. The molecule has 5 nitrogen and oxygen atoms in total. The Labute approximate surface area is 259 Å². The van der Waals surface area contributed by atoms with Gasteiger partial charge in [0.15, 0.2) is 11.7 Å². The monoisotopic (exact) mass is 580 g/mol. The standard InChI is InChI=1S/C40H28N4O/c1-25-29(40-42-38(26-13-5-2-6-14-26)41-39(43-40)27-15-7-3-8-16-27)23-24-34-35(25)32-22-21-31-30-19-11-12-20-33(30)44(36(31)37(32)45-34)28-17-9-4-10-18-28/h2-24,40H,1H3,(H,41,42,43). The van der Waals surface area contributed by atoms with Gasteiger partial charge < -0.3 is 14.3 Å². The predicted octanol–water partition coefficient (Wildman–Crippen LogP) is 9.49. The summed E-state index contributed by atoms with van der Waals surface area (Å²) >= 11 is 0. The fraction of sp³-hybridized carbons (Fsp3) is 0.0500. The molecular formula is C40H28N4O. The van der Waals surface area contributed by atoms with Crippen LogP contribution >= 0.6 is 0 Å². The summed E-state index contributed by atoms with van der Waals surface area (Å²) in [5.41, 5.74) is 9.30. The third-order valence-electron chi connectivity index (χ3n) is 8.87. The number of hydrogen-bond acceptors (Lipinski definition) is 4. The van der Waals surface area contributed by atoms with Crippen LogP contribution in [-0.4, -0.2) is 16.2 Å². The summed E-state index contributed by atoms with van der Waals surface area (Å²) in [4.78, 5) is 10.3. The lowest BCUT2D eigenvalue weighted by molar-refractivity contribution is 0.670. The van der Waals surface area contributed by atoms with Crippen LogP contribution in [0.25, 0.3) is 49.4 Å². The summed E-state index contributed by atoms with van der Waals surface area (Å²) < 4.78 is 9.08. The van der Waals surface area contributed by atoms with Gasteiger partial charge >= 0.3 is 0 Å². The number of amidine groups is 2. The highest BCUT2D eigenvalue weighted by molar-refractivity contribution is 6.22. The van der Waals surface area contributed by atoms with E-state index in [1.54, 1.807) is 0 Å². The van der Waals surface area contributed by atoms with E-state index in [0.29, 0.717) is 0 Å². The minimum atomic E-state index is -0.412. The van der Waals surface area contributed by atoms with E-state index >= 15 is 0 Å². The average Bonchev–Trinajstić information content (AvgIpc) is 3.66. The maximum atomic E-state index is 6.76. The Morgan fingerprint density at radius 1 is 0.600 bits per heavy atom. The summed E-state index contributed by atoms with van der Waals surface area (Å²) in [6.07, 6.45) is -0.412. The molecule has 3 heterocycles. The SMILES string of the molecule is Cc1c(C2N=C(c3ccccc3)NC(c3ccccc3)=N2)ccc2oc3c(ccc4c5ccccc5n(-c5ccccc5)c43)c12. The van der Waals surface area contributed by atoms with Crippen LogP contribution in [0.4, 0.5) is 0 Å². The van der Waals surface area contributed by atoms with Gasteiger partial charge in [0.25, 0.3) is 0 Å². The smallest absolute Gasteiger partial charge is 0.170 e. The van der Waals surface area contributed by atoms with Crippen LogP contribution in [0.1, 0.15) is 28.4 Å². The Morgan fingerprint density at radius 2 is 1.20 bits per heavy atom. The summed E-state index contributed by atoms with van der Waals surface area (Å²) in [5, 5.41) is 8.06. The molecule has 0 fully saturated rings. The van der Waals surface area contributed by atoms with Crippen molar-refractivity contribution in [1.82, 2.24) is 9.88 Å². The van der Waals surface area contributed by atoms with Crippen molar-refractivity contribution in [3.63, 3.8) is 0 Å². The Kier molecular flexibility index (Phi) is 5.72. The minimum absolute atomic E-state index is 0.412. The third-order valence-corrected chi connectivity index (χ3v) is 8.87. The molecule has 0 spiro atoms. The maximum Gasteiger partial charge on any atom is 0.170 e. The van der Waals surface area contributed by atoms with Gasteiger partial charge in [-0.3, -0.25) is 0 Å². The molecule has 45 heavy (non-hydrogen) atoms. The van der Waals surface area contributed by atoms with Gasteiger partial charge in [-0.1, -0.05) is 109 Å². The van der Waals surface area contributed by atoms with Gasteiger partial charge in [0.1, 0.15) is 17.3 Å². The van der Waals surface area contributed by atoms with Crippen LogP contribution in [0.3, 0.4) is 0 Å². The lowest BCUT2D eigenvalue weighted by atomic mass is 9.99. The first-order valence-corrected chi connectivity index (χ1v) is 15.2. The quantitative estimate of drug-likeness (QED) is 0.225. The Hall–Kier alpha value is -5.94. The molecule has 8 aromatic rings. The first-order chi connectivity index (χ1) is 22.2. The molecule has 0 radical (unpaired) electrons. The first kappa shape index (κ1) is 25.5. The van der Waals surface area contributed by atoms with E-state index in [4.69, 9.17) is 14.4 Å². The van der Waals surface area contributed by atoms with Crippen LogP contribution < -0.4 is 5.32 Å². The lowest BCUT2D eigenvalue weighted by Crippen LogP contribution is -2.36. The van der Waals surface area contributed by atoms with E-state index < -0.39 is 6.17 Å². The molecule has 1 aliphatic rings. The number of nitrogens with zero attached hydrogens (tertiary/aromatic N) is 3. The van der Waals surface area contributed by atoms with Gasteiger partial charge in [-0.2, -0.15) is 0 Å². The number of nitrogens with one attached hydrogen (secondary N) is 1. The van der Waals surface area contributed by atoms with Crippen molar-refractivity contribution >= 4 is 55.4 Å². The Morgan fingerprint density at radius 3 is 1.89 bits per heavy atom. The normalized spacial score (nSPS) is 13.8. The maximum absolute atomic E-state index is 6.76. The molecule has 214 valence electrons. The van der Waals surface area contributed by atoms with Gasteiger partial charge in [0, 0.05) is 43.9 Å². The summed E-state index contributed by atoms with van der Waals surface area (Å²) in [5.74, 6) is 1.61. The fourth-order valence-electron chi connectivity index (χ4n) is 6.76. The number of aromatic nitrogens is 1. The highest BCUT2D eigenvalue weighted by Gasteiger charge is 2.25. The molecule has 5 heteroatoms. The number of hydrogen-bond donors (Lipinski definition) is 1. The topological polar surface area (TPSA) is 54.8 Å². The molecule has 0 bridgehead atoms. The first-order valence-electron chi connectivity index (χ1n) is 15.2. The molecule has 6 aromatic carbocycles. The summed E-state index contributed by atoms with van der Waals surface area (Å²) in [6.45, 7) is 2.17. The van der Waals surface area contributed by atoms with Crippen LogP contribution in [-0.2, 0) is 0 Å². The fourth-order valence-corrected chi connectivity index (χ4v) is 6.76. The molecule has 9 rings (SSSR count). The highest BCUT2D eigenvalue weighted by atomic mass is 16.3. The van der Waals surface area contributed by atoms with Gasteiger partial charge in [-0.05, 0) is 42.8 Å². The van der Waals surface area contributed by atoms with E-state index in [0.717, 1.165) is 72.6 Å². The van der Waals surface area contributed by atoms with Crippen molar-refractivity contribution in [3.05, 3.63) is 162 Å². The van der Waals surface area contributed by atoms with E-state index in [2.05, 4.69) is 120 Å². The largest absolute Gasteiger partial charge is 0.454 e. The molecule has 0 unspecified atom stereocenters. The van der Waals surface area contributed by atoms with E-state index in [9.17, 15) is 0 Å². The number of rotatable bonds is 4. The van der Waals surface area contributed by atoms with Crippen LogP contribution in [0.15, 0.2) is 154 Å². The van der Waals surface area contributed by atoms with Crippen molar-refractivity contribution in [3.8, 4) is 5.69 Å². The Balaban J connectivity index is 1.28. The number of para-hydroxylation sites is 2. The Bertz CT molecular complexity index is 2400. The minimum Gasteiger partial charge on any atom is -0.454 e. The zero-order valence-corrected chi connectivity index (χ0v) is 24.6. The van der Waals surface area contributed by atoms with E-state index in [-0.39, 0.29) is 0 Å². The van der Waals surface area contributed by atoms with Crippen LogP contribution in [0, 0.1) is 6.92 Å².